The second-order valence-electron chi connectivity index (χ2n) is 6.96. The first-order valence-electron chi connectivity index (χ1n) is 9.84. The second-order valence-corrected chi connectivity index (χ2v) is 7.94. The number of carboxylic acid groups (broad SMARTS) is 1. The molecule has 0 bridgehead atoms. The number of aromatic amines is 1. The largest absolute Gasteiger partial charge is 0.493 e. The molecule has 1 atom stereocenters. The molecule has 3 heterocycles. The van der Waals surface area contributed by atoms with Crippen molar-refractivity contribution in [1.29, 1.82) is 0 Å². The minimum atomic E-state index is -0.804. The third-order valence-corrected chi connectivity index (χ3v) is 5.87. The zero-order valence-corrected chi connectivity index (χ0v) is 17.2. The highest BCUT2D eigenvalue weighted by atomic mass is 32.1. The van der Waals surface area contributed by atoms with Gasteiger partial charge in [0.2, 0.25) is 0 Å². The number of hydrogen-bond acceptors (Lipinski definition) is 5. The molecule has 4 aromatic rings. The van der Waals surface area contributed by atoms with E-state index in [1.54, 1.807) is 17.5 Å². The Hall–Kier alpha value is -3.32. The number of anilines is 1. The first kappa shape index (κ1) is 20.0. The number of pyridine rings is 1. The minimum absolute atomic E-state index is 0.0645. The van der Waals surface area contributed by atoms with E-state index in [0.717, 1.165) is 45.9 Å². The predicted octanol–water partition coefficient (Wildman–Crippen LogP) is 5.11. The van der Waals surface area contributed by atoms with Crippen molar-refractivity contribution in [3.63, 3.8) is 0 Å². The molecule has 0 fully saturated rings. The number of ether oxygens (including phenoxy) is 1. The van der Waals surface area contributed by atoms with Crippen LogP contribution in [-0.4, -0.2) is 34.2 Å². The minimum Gasteiger partial charge on any atom is -0.493 e. The van der Waals surface area contributed by atoms with Crippen LogP contribution in [0.5, 0.6) is 5.75 Å². The van der Waals surface area contributed by atoms with E-state index in [2.05, 4.69) is 15.3 Å². The molecule has 0 aliphatic heterocycles. The summed E-state index contributed by atoms with van der Waals surface area (Å²) in [6.45, 7) is 1.37. The molecule has 1 aromatic carbocycles. The summed E-state index contributed by atoms with van der Waals surface area (Å²) in [5, 5.41) is 15.6. The highest BCUT2D eigenvalue weighted by Crippen LogP contribution is 2.36. The summed E-state index contributed by atoms with van der Waals surface area (Å²) >= 11 is 1.58. The topological polar surface area (TPSA) is 87.2 Å². The number of nitrogens with zero attached hydrogens (tertiary/aromatic N) is 1. The third-order valence-electron chi connectivity index (χ3n) is 4.89. The lowest BCUT2D eigenvalue weighted by molar-refractivity contribution is -0.137. The maximum absolute atomic E-state index is 11.4. The van der Waals surface area contributed by atoms with Gasteiger partial charge in [0.25, 0.3) is 0 Å². The first-order chi connectivity index (χ1) is 14.7. The van der Waals surface area contributed by atoms with E-state index in [9.17, 15) is 9.90 Å². The molecule has 0 saturated heterocycles. The van der Waals surface area contributed by atoms with Crippen molar-refractivity contribution in [2.24, 2.45) is 0 Å². The van der Waals surface area contributed by atoms with Gasteiger partial charge in [-0.25, -0.2) is 4.98 Å². The van der Waals surface area contributed by atoms with E-state index in [1.807, 2.05) is 60.1 Å². The van der Waals surface area contributed by atoms with Crippen LogP contribution in [0.3, 0.4) is 0 Å². The Morgan fingerprint density at radius 3 is 2.93 bits per heavy atom. The van der Waals surface area contributed by atoms with E-state index >= 15 is 0 Å². The highest BCUT2D eigenvalue weighted by molar-refractivity contribution is 7.10. The van der Waals surface area contributed by atoms with Crippen LogP contribution < -0.4 is 10.1 Å². The number of benzene rings is 1. The van der Waals surface area contributed by atoms with Gasteiger partial charge in [0.15, 0.2) is 0 Å². The quantitative estimate of drug-likeness (QED) is 0.310. The maximum atomic E-state index is 11.4. The molecule has 0 saturated carbocycles. The number of thiophene rings is 1. The van der Waals surface area contributed by atoms with Crippen LogP contribution in [0, 0.1) is 0 Å². The van der Waals surface area contributed by atoms with Gasteiger partial charge in [0.1, 0.15) is 11.6 Å². The Bertz CT molecular complexity index is 1090. The Morgan fingerprint density at radius 2 is 2.17 bits per heavy atom. The maximum Gasteiger partial charge on any atom is 0.304 e. The standard InChI is InChI=1S/C23H23N3O3S/c27-23(28)14-18(21-5-3-12-30-21)19-15-26-20-13-16(7-8-17(19)20)29-11-4-10-25-22-6-1-2-9-24-22/h1-3,5-9,12-13,15,18,26H,4,10-11,14H2,(H,24,25)(H,27,28). The van der Waals surface area contributed by atoms with Crippen LogP contribution in [0.2, 0.25) is 0 Å². The number of H-pyrrole nitrogens is 1. The lowest BCUT2D eigenvalue weighted by Crippen LogP contribution is -2.08. The molecular formula is C23H23N3O3S. The molecular weight excluding hydrogens is 398 g/mol. The van der Waals surface area contributed by atoms with Gasteiger partial charge >= 0.3 is 5.97 Å². The molecule has 7 heteroatoms. The molecule has 154 valence electrons. The van der Waals surface area contributed by atoms with Crippen molar-refractivity contribution in [1.82, 2.24) is 9.97 Å². The molecule has 0 aliphatic rings. The summed E-state index contributed by atoms with van der Waals surface area (Å²) < 4.78 is 5.89. The van der Waals surface area contributed by atoms with Crippen molar-refractivity contribution in [2.75, 3.05) is 18.5 Å². The number of fused-ring (bicyclic) bond motifs is 1. The van der Waals surface area contributed by atoms with Gasteiger partial charge in [-0.1, -0.05) is 12.1 Å². The fraction of sp³-hybridized carbons (Fsp3) is 0.217. The summed E-state index contributed by atoms with van der Waals surface area (Å²) in [4.78, 5) is 20.0. The molecule has 3 aromatic heterocycles. The van der Waals surface area contributed by atoms with Crippen LogP contribution in [0.1, 0.15) is 29.2 Å². The predicted molar refractivity (Wildman–Crippen MR) is 120 cm³/mol. The number of nitrogens with one attached hydrogen (secondary N) is 2. The number of hydrogen-bond donors (Lipinski definition) is 3. The zero-order chi connectivity index (χ0) is 20.8. The van der Waals surface area contributed by atoms with Crippen molar-refractivity contribution in [2.45, 2.75) is 18.8 Å². The van der Waals surface area contributed by atoms with Crippen LogP contribution in [0.25, 0.3) is 10.9 Å². The lowest BCUT2D eigenvalue weighted by Gasteiger charge is -2.13. The smallest absolute Gasteiger partial charge is 0.304 e. The van der Waals surface area contributed by atoms with Crippen molar-refractivity contribution >= 4 is 34.0 Å². The second kappa shape index (κ2) is 9.45. The van der Waals surface area contributed by atoms with Gasteiger partial charge in [-0.05, 0) is 47.7 Å². The van der Waals surface area contributed by atoms with E-state index in [0.29, 0.717) is 6.61 Å². The zero-order valence-electron chi connectivity index (χ0n) is 16.4. The highest BCUT2D eigenvalue weighted by Gasteiger charge is 2.22. The van der Waals surface area contributed by atoms with Crippen molar-refractivity contribution < 1.29 is 14.6 Å². The fourth-order valence-corrected chi connectivity index (χ4v) is 4.33. The first-order valence-corrected chi connectivity index (χ1v) is 10.7. The summed E-state index contributed by atoms with van der Waals surface area (Å²) in [7, 11) is 0. The summed E-state index contributed by atoms with van der Waals surface area (Å²) in [5.41, 5.74) is 1.95. The summed E-state index contributed by atoms with van der Waals surface area (Å²) in [6, 6.07) is 15.6. The van der Waals surface area contributed by atoms with Gasteiger partial charge in [0.05, 0.1) is 13.0 Å². The van der Waals surface area contributed by atoms with Gasteiger partial charge in [0, 0.05) is 46.7 Å². The molecule has 3 N–H and O–H groups in total. The summed E-state index contributed by atoms with van der Waals surface area (Å²) in [6.07, 6.45) is 4.59. The molecule has 1 unspecified atom stereocenters. The molecule has 6 nitrogen and oxygen atoms in total. The Morgan fingerprint density at radius 1 is 1.23 bits per heavy atom. The van der Waals surface area contributed by atoms with Gasteiger partial charge in [-0.2, -0.15) is 0 Å². The molecule has 4 rings (SSSR count). The van der Waals surface area contributed by atoms with E-state index in [-0.39, 0.29) is 12.3 Å². The molecule has 0 aliphatic carbocycles. The van der Waals surface area contributed by atoms with E-state index < -0.39 is 5.97 Å². The van der Waals surface area contributed by atoms with E-state index in [1.165, 1.54) is 0 Å². The van der Waals surface area contributed by atoms with Crippen molar-refractivity contribution in [3.05, 3.63) is 76.7 Å². The lowest BCUT2D eigenvalue weighted by atomic mass is 9.94. The van der Waals surface area contributed by atoms with E-state index in [4.69, 9.17) is 4.74 Å². The molecule has 0 spiro atoms. The van der Waals surface area contributed by atoms with Crippen LogP contribution in [0.4, 0.5) is 5.82 Å². The monoisotopic (exact) mass is 421 g/mol. The molecule has 30 heavy (non-hydrogen) atoms. The Balaban J connectivity index is 1.40. The average Bonchev–Trinajstić information content (AvgIpc) is 3.42. The fourth-order valence-electron chi connectivity index (χ4n) is 3.48. The molecule has 0 amide bonds. The third kappa shape index (κ3) is 4.80. The average molecular weight is 422 g/mol. The van der Waals surface area contributed by atoms with Gasteiger partial charge in [-0.15, -0.1) is 11.3 Å². The Kier molecular flexibility index (Phi) is 6.29. The number of aromatic nitrogens is 2. The number of carboxylic acids is 1. The number of carbonyl (C=O) groups is 1. The Labute approximate surface area is 178 Å². The van der Waals surface area contributed by atoms with Crippen LogP contribution in [-0.2, 0) is 4.79 Å². The van der Waals surface area contributed by atoms with Crippen molar-refractivity contribution in [3.8, 4) is 5.75 Å². The SMILES string of the molecule is O=C(O)CC(c1cccs1)c1c[nH]c2cc(OCCCNc3ccccn3)ccc12. The summed E-state index contributed by atoms with van der Waals surface area (Å²) in [5.74, 6) is 0.682. The van der Waals surface area contributed by atoms with Gasteiger partial charge in [-0.3, -0.25) is 4.79 Å². The van der Waals surface area contributed by atoms with Crippen LogP contribution >= 0.6 is 11.3 Å². The number of rotatable bonds is 10. The normalized spacial score (nSPS) is 12.0. The molecule has 0 radical (unpaired) electrons. The van der Waals surface area contributed by atoms with Gasteiger partial charge < -0.3 is 20.1 Å². The number of aliphatic carboxylic acids is 1. The van der Waals surface area contributed by atoms with Crippen LogP contribution in [0.15, 0.2) is 66.3 Å².